The molecule has 0 saturated heterocycles. The molecular formula is C12H21N3O2S2. The average molecular weight is 303 g/mol. The zero-order chi connectivity index (χ0) is 14.1. The molecule has 0 atom stereocenters. The van der Waals surface area contributed by atoms with Gasteiger partial charge in [-0.3, -0.25) is 4.99 Å². The van der Waals surface area contributed by atoms with Crippen LogP contribution >= 0.6 is 11.3 Å². The van der Waals surface area contributed by atoms with Crippen LogP contribution < -0.4 is 10.6 Å². The molecule has 0 aromatic carbocycles. The highest BCUT2D eigenvalue weighted by molar-refractivity contribution is 7.91. The van der Waals surface area contributed by atoms with Gasteiger partial charge in [-0.25, -0.2) is 8.42 Å². The number of rotatable bonds is 7. The Labute approximate surface area is 119 Å². The van der Waals surface area contributed by atoms with Crippen LogP contribution in [0.3, 0.4) is 0 Å². The summed E-state index contributed by atoms with van der Waals surface area (Å²) in [5, 5.41) is 8.22. The van der Waals surface area contributed by atoms with Crippen molar-refractivity contribution < 1.29 is 8.42 Å². The van der Waals surface area contributed by atoms with Crippen molar-refractivity contribution in [3.8, 4) is 0 Å². The first-order valence-corrected chi connectivity index (χ1v) is 8.95. The molecule has 0 bridgehead atoms. The van der Waals surface area contributed by atoms with Gasteiger partial charge in [-0.15, -0.1) is 11.3 Å². The fraction of sp³-hybridized carbons (Fsp3) is 0.583. The fourth-order valence-electron chi connectivity index (χ4n) is 1.45. The number of aliphatic imine (C=N–C) groups is 1. The second-order valence-corrected chi connectivity index (χ2v) is 7.50. The monoisotopic (exact) mass is 303 g/mol. The maximum absolute atomic E-state index is 11.3. The lowest BCUT2D eigenvalue weighted by atomic mass is 10.3. The van der Waals surface area contributed by atoms with Crippen LogP contribution in [0.5, 0.6) is 0 Å². The van der Waals surface area contributed by atoms with Gasteiger partial charge in [-0.05, 0) is 17.9 Å². The maximum Gasteiger partial charge on any atom is 0.191 e. The summed E-state index contributed by atoms with van der Waals surface area (Å²) in [5.41, 5.74) is 0. The van der Waals surface area contributed by atoms with E-state index in [0.29, 0.717) is 12.5 Å². The van der Waals surface area contributed by atoms with Crippen LogP contribution in [-0.4, -0.2) is 46.0 Å². The molecule has 0 unspecified atom stereocenters. The number of sulfone groups is 1. The SMILES string of the molecule is CCS(=O)(=O)CCNC(=NC)NCCc1cccs1. The normalized spacial score (nSPS) is 12.4. The van der Waals surface area contributed by atoms with Gasteiger partial charge < -0.3 is 10.6 Å². The van der Waals surface area contributed by atoms with Crippen LogP contribution in [0.15, 0.2) is 22.5 Å². The van der Waals surface area contributed by atoms with Gasteiger partial charge in [0.25, 0.3) is 0 Å². The van der Waals surface area contributed by atoms with E-state index in [1.807, 2.05) is 6.07 Å². The van der Waals surface area contributed by atoms with Gasteiger partial charge in [-0.2, -0.15) is 0 Å². The molecule has 0 amide bonds. The Morgan fingerprint density at radius 2 is 2.11 bits per heavy atom. The molecular weight excluding hydrogens is 282 g/mol. The highest BCUT2D eigenvalue weighted by Gasteiger charge is 2.07. The Morgan fingerprint density at radius 1 is 1.37 bits per heavy atom. The number of hydrogen-bond donors (Lipinski definition) is 2. The van der Waals surface area contributed by atoms with E-state index in [2.05, 4.69) is 27.1 Å². The van der Waals surface area contributed by atoms with Crippen molar-refractivity contribution in [2.45, 2.75) is 13.3 Å². The first kappa shape index (κ1) is 16.0. The van der Waals surface area contributed by atoms with E-state index in [0.717, 1.165) is 13.0 Å². The van der Waals surface area contributed by atoms with E-state index in [4.69, 9.17) is 0 Å². The molecule has 1 heterocycles. The standard InChI is InChI=1S/C12H21N3O2S2/c1-3-19(16,17)10-8-15-12(13-2)14-7-6-11-5-4-9-18-11/h4-5,9H,3,6-8,10H2,1-2H3,(H2,13,14,15). The Bertz CT molecular complexity index is 481. The largest absolute Gasteiger partial charge is 0.356 e. The Kier molecular flexibility index (Phi) is 6.86. The van der Waals surface area contributed by atoms with Crippen molar-refractivity contribution in [1.29, 1.82) is 0 Å². The third-order valence-electron chi connectivity index (χ3n) is 2.61. The van der Waals surface area contributed by atoms with Crippen molar-refractivity contribution in [1.82, 2.24) is 10.6 Å². The molecule has 0 saturated carbocycles. The summed E-state index contributed by atoms with van der Waals surface area (Å²) >= 11 is 1.73. The third kappa shape index (κ3) is 6.58. The molecule has 0 aliphatic carbocycles. The van der Waals surface area contributed by atoms with E-state index in [-0.39, 0.29) is 11.5 Å². The predicted molar refractivity (Wildman–Crippen MR) is 81.7 cm³/mol. The third-order valence-corrected chi connectivity index (χ3v) is 5.25. The highest BCUT2D eigenvalue weighted by Crippen LogP contribution is 2.07. The molecule has 0 fully saturated rings. The molecule has 5 nitrogen and oxygen atoms in total. The molecule has 19 heavy (non-hydrogen) atoms. The Morgan fingerprint density at radius 3 is 2.68 bits per heavy atom. The topological polar surface area (TPSA) is 70.6 Å². The van der Waals surface area contributed by atoms with Gasteiger partial charge in [0.2, 0.25) is 0 Å². The fourth-order valence-corrected chi connectivity index (χ4v) is 2.86. The van der Waals surface area contributed by atoms with Crippen LogP contribution in [0, 0.1) is 0 Å². The Balaban J connectivity index is 2.23. The summed E-state index contributed by atoms with van der Waals surface area (Å²) in [4.78, 5) is 5.37. The quantitative estimate of drug-likeness (QED) is 0.580. The molecule has 108 valence electrons. The lowest BCUT2D eigenvalue weighted by Gasteiger charge is -2.11. The number of nitrogens with one attached hydrogen (secondary N) is 2. The zero-order valence-electron chi connectivity index (χ0n) is 11.3. The first-order chi connectivity index (χ1) is 9.07. The highest BCUT2D eigenvalue weighted by atomic mass is 32.2. The maximum atomic E-state index is 11.3. The number of thiophene rings is 1. The van der Waals surface area contributed by atoms with Crippen LogP contribution in [-0.2, 0) is 16.3 Å². The molecule has 2 N–H and O–H groups in total. The molecule has 0 aliphatic rings. The van der Waals surface area contributed by atoms with Gasteiger partial charge in [-0.1, -0.05) is 13.0 Å². The average Bonchev–Trinajstić information content (AvgIpc) is 2.90. The second-order valence-electron chi connectivity index (χ2n) is 3.99. The van der Waals surface area contributed by atoms with Gasteiger partial charge in [0, 0.05) is 30.8 Å². The summed E-state index contributed by atoms with van der Waals surface area (Å²) in [6.07, 6.45) is 0.936. The van der Waals surface area contributed by atoms with Crippen molar-refractivity contribution in [3.63, 3.8) is 0 Å². The van der Waals surface area contributed by atoms with Gasteiger partial charge in [0.05, 0.1) is 5.75 Å². The number of nitrogens with zero attached hydrogens (tertiary/aromatic N) is 1. The van der Waals surface area contributed by atoms with Gasteiger partial charge in [0.15, 0.2) is 15.8 Å². The van der Waals surface area contributed by atoms with Crippen LogP contribution in [0.2, 0.25) is 0 Å². The summed E-state index contributed by atoms with van der Waals surface area (Å²) in [5.74, 6) is 0.955. The Hall–Kier alpha value is -1.08. The van der Waals surface area contributed by atoms with Gasteiger partial charge >= 0.3 is 0 Å². The van der Waals surface area contributed by atoms with E-state index >= 15 is 0 Å². The molecule has 1 aromatic heterocycles. The summed E-state index contributed by atoms with van der Waals surface area (Å²) in [6.45, 7) is 2.82. The molecule has 0 aliphatic heterocycles. The molecule has 7 heteroatoms. The molecule has 1 aromatic rings. The minimum Gasteiger partial charge on any atom is -0.356 e. The summed E-state index contributed by atoms with van der Waals surface area (Å²) in [7, 11) is -1.25. The van der Waals surface area contributed by atoms with E-state index in [1.165, 1.54) is 4.88 Å². The van der Waals surface area contributed by atoms with E-state index in [9.17, 15) is 8.42 Å². The number of guanidine groups is 1. The first-order valence-electron chi connectivity index (χ1n) is 6.24. The zero-order valence-corrected chi connectivity index (χ0v) is 13.0. The lowest BCUT2D eigenvalue weighted by molar-refractivity contribution is 0.595. The lowest BCUT2D eigenvalue weighted by Crippen LogP contribution is -2.40. The van der Waals surface area contributed by atoms with Gasteiger partial charge in [0.1, 0.15) is 0 Å². The summed E-state index contributed by atoms with van der Waals surface area (Å²) < 4.78 is 22.7. The summed E-state index contributed by atoms with van der Waals surface area (Å²) in [6, 6.07) is 4.12. The molecule has 1 rings (SSSR count). The molecule has 0 radical (unpaired) electrons. The van der Waals surface area contributed by atoms with Crippen molar-refractivity contribution in [3.05, 3.63) is 22.4 Å². The molecule has 0 spiro atoms. The second kappa shape index (κ2) is 8.16. The van der Waals surface area contributed by atoms with Crippen molar-refractivity contribution >= 4 is 27.1 Å². The van der Waals surface area contributed by atoms with E-state index in [1.54, 1.807) is 25.3 Å². The van der Waals surface area contributed by atoms with Crippen LogP contribution in [0.25, 0.3) is 0 Å². The van der Waals surface area contributed by atoms with Crippen molar-refractivity contribution in [2.75, 3.05) is 31.6 Å². The minimum atomic E-state index is -2.92. The van der Waals surface area contributed by atoms with E-state index < -0.39 is 9.84 Å². The number of hydrogen-bond acceptors (Lipinski definition) is 4. The smallest absolute Gasteiger partial charge is 0.191 e. The minimum absolute atomic E-state index is 0.134. The van der Waals surface area contributed by atoms with Crippen molar-refractivity contribution in [2.24, 2.45) is 4.99 Å². The predicted octanol–water partition coefficient (Wildman–Crippen LogP) is 0.890. The van der Waals surface area contributed by atoms with Crippen LogP contribution in [0.1, 0.15) is 11.8 Å². The van der Waals surface area contributed by atoms with Crippen LogP contribution in [0.4, 0.5) is 0 Å².